The van der Waals surface area contributed by atoms with E-state index in [0.717, 1.165) is 17.3 Å². The van der Waals surface area contributed by atoms with Crippen LogP contribution < -0.4 is 10.1 Å². The van der Waals surface area contributed by atoms with Crippen LogP contribution in [0.2, 0.25) is 0 Å². The second-order valence-electron chi connectivity index (χ2n) is 5.62. The Hall–Kier alpha value is -1.56. The maximum atomic E-state index is 12.2. The Kier molecular flexibility index (Phi) is 5.83. The van der Waals surface area contributed by atoms with Crippen LogP contribution in [0.1, 0.15) is 37.0 Å². The highest BCUT2D eigenvalue weighted by Crippen LogP contribution is 2.28. The fourth-order valence-corrected chi connectivity index (χ4v) is 2.17. The SMILES string of the molecule is CC(C)Oc1cc(Br)ccc1C(=O)NCC(=O)OCC1CC1. The molecule has 0 atom stereocenters. The first kappa shape index (κ1) is 16.8. The van der Waals surface area contributed by atoms with Crippen LogP contribution in [0.3, 0.4) is 0 Å². The average molecular weight is 370 g/mol. The summed E-state index contributed by atoms with van der Waals surface area (Å²) in [5.41, 5.74) is 0.395. The summed E-state index contributed by atoms with van der Waals surface area (Å²) in [6, 6.07) is 5.15. The second-order valence-corrected chi connectivity index (χ2v) is 6.53. The van der Waals surface area contributed by atoms with E-state index in [1.165, 1.54) is 0 Å². The molecular formula is C16H20BrNO4. The number of rotatable bonds is 7. The Morgan fingerprint density at radius 1 is 1.36 bits per heavy atom. The van der Waals surface area contributed by atoms with Crippen LogP contribution in [0.4, 0.5) is 0 Å². The molecule has 0 heterocycles. The van der Waals surface area contributed by atoms with E-state index in [4.69, 9.17) is 9.47 Å². The predicted octanol–water partition coefficient (Wildman–Crippen LogP) is 2.92. The van der Waals surface area contributed by atoms with E-state index in [1.54, 1.807) is 18.2 Å². The van der Waals surface area contributed by atoms with Crippen LogP contribution in [0, 0.1) is 5.92 Å². The van der Waals surface area contributed by atoms with Crippen molar-refractivity contribution in [3.8, 4) is 5.75 Å². The van der Waals surface area contributed by atoms with Crippen molar-refractivity contribution in [1.82, 2.24) is 5.32 Å². The van der Waals surface area contributed by atoms with Gasteiger partial charge in [-0.05, 0) is 50.8 Å². The van der Waals surface area contributed by atoms with Gasteiger partial charge in [0.15, 0.2) is 0 Å². The van der Waals surface area contributed by atoms with E-state index < -0.39 is 5.97 Å². The van der Waals surface area contributed by atoms with Gasteiger partial charge in [-0.3, -0.25) is 9.59 Å². The number of nitrogens with one attached hydrogen (secondary N) is 1. The zero-order chi connectivity index (χ0) is 16.1. The van der Waals surface area contributed by atoms with Gasteiger partial charge in [0.25, 0.3) is 5.91 Å². The van der Waals surface area contributed by atoms with Crippen LogP contribution in [0.5, 0.6) is 5.75 Å². The van der Waals surface area contributed by atoms with Gasteiger partial charge in [-0.15, -0.1) is 0 Å². The van der Waals surface area contributed by atoms with Gasteiger partial charge in [-0.1, -0.05) is 15.9 Å². The lowest BCUT2D eigenvalue weighted by Crippen LogP contribution is -2.31. The minimum atomic E-state index is -0.413. The van der Waals surface area contributed by atoms with Crippen molar-refractivity contribution in [1.29, 1.82) is 0 Å². The van der Waals surface area contributed by atoms with Gasteiger partial charge in [-0.25, -0.2) is 0 Å². The molecule has 0 bridgehead atoms. The summed E-state index contributed by atoms with van der Waals surface area (Å²) in [4.78, 5) is 23.8. The Balaban J connectivity index is 1.91. The first-order valence-corrected chi connectivity index (χ1v) is 8.15. The molecule has 0 spiro atoms. The summed E-state index contributed by atoms with van der Waals surface area (Å²) in [6.07, 6.45) is 2.19. The number of benzene rings is 1. The van der Waals surface area contributed by atoms with Gasteiger partial charge in [-0.2, -0.15) is 0 Å². The number of amides is 1. The summed E-state index contributed by atoms with van der Waals surface area (Å²) in [5.74, 6) is 0.223. The van der Waals surface area contributed by atoms with Crippen LogP contribution >= 0.6 is 15.9 Å². The average Bonchev–Trinajstić information content (AvgIpc) is 3.26. The van der Waals surface area contributed by atoms with Gasteiger partial charge >= 0.3 is 5.97 Å². The largest absolute Gasteiger partial charge is 0.490 e. The third-order valence-corrected chi connectivity index (χ3v) is 3.61. The summed E-state index contributed by atoms with van der Waals surface area (Å²) in [7, 11) is 0. The highest BCUT2D eigenvalue weighted by atomic mass is 79.9. The zero-order valence-corrected chi connectivity index (χ0v) is 14.3. The molecule has 2 rings (SSSR count). The van der Waals surface area contributed by atoms with Crippen molar-refractivity contribution in [2.45, 2.75) is 32.8 Å². The van der Waals surface area contributed by atoms with Crippen molar-refractivity contribution in [3.05, 3.63) is 28.2 Å². The third-order valence-electron chi connectivity index (χ3n) is 3.12. The molecule has 0 aliphatic heterocycles. The minimum absolute atomic E-state index is 0.0515. The molecule has 1 amide bonds. The highest BCUT2D eigenvalue weighted by Gasteiger charge is 2.23. The normalized spacial score (nSPS) is 13.8. The van der Waals surface area contributed by atoms with Crippen molar-refractivity contribution >= 4 is 27.8 Å². The molecular weight excluding hydrogens is 350 g/mol. The van der Waals surface area contributed by atoms with Crippen molar-refractivity contribution in [3.63, 3.8) is 0 Å². The van der Waals surface area contributed by atoms with Gasteiger partial charge in [0.2, 0.25) is 0 Å². The van der Waals surface area contributed by atoms with E-state index in [-0.39, 0.29) is 18.6 Å². The summed E-state index contributed by atoms with van der Waals surface area (Å²) >= 11 is 3.35. The van der Waals surface area contributed by atoms with Crippen molar-refractivity contribution in [2.24, 2.45) is 5.92 Å². The van der Waals surface area contributed by atoms with E-state index in [9.17, 15) is 9.59 Å². The molecule has 0 radical (unpaired) electrons. The molecule has 120 valence electrons. The lowest BCUT2D eigenvalue weighted by molar-refractivity contribution is -0.142. The van der Waals surface area contributed by atoms with Crippen LogP contribution in [-0.4, -0.2) is 31.1 Å². The lowest BCUT2D eigenvalue weighted by atomic mass is 10.2. The molecule has 1 saturated carbocycles. The Morgan fingerprint density at radius 2 is 2.09 bits per heavy atom. The summed E-state index contributed by atoms with van der Waals surface area (Å²) < 4.78 is 11.5. The molecule has 0 unspecified atom stereocenters. The number of hydrogen-bond acceptors (Lipinski definition) is 4. The quantitative estimate of drug-likeness (QED) is 0.750. The highest BCUT2D eigenvalue weighted by molar-refractivity contribution is 9.10. The van der Waals surface area contributed by atoms with Gasteiger partial charge < -0.3 is 14.8 Å². The Labute approximate surface area is 138 Å². The standard InChI is InChI=1S/C16H20BrNO4/c1-10(2)22-14-7-12(17)5-6-13(14)16(20)18-8-15(19)21-9-11-3-4-11/h5-7,10-11H,3-4,8-9H2,1-2H3,(H,18,20). The number of halogens is 1. The minimum Gasteiger partial charge on any atom is -0.490 e. The number of ether oxygens (including phenoxy) is 2. The zero-order valence-electron chi connectivity index (χ0n) is 12.7. The number of esters is 1. The van der Waals surface area contributed by atoms with Crippen molar-refractivity contribution < 1.29 is 19.1 Å². The Morgan fingerprint density at radius 3 is 2.73 bits per heavy atom. The topological polar surface area (TPSA) is 64.6 Å². The van der Waals surface area contributed by atoms with Crippen LogP contribution in [-0.2, 0) is 9.53 Å². The van der Waals surface area contributed by atoms with Gasteiger partial charge in [0.05, 0.1) is 18.3 Å². The van der Waals surface area contributed by atoms with Crippen LogP contribution in [0.15, 0.2) is 22.7 Å². The third kappa shape index (κ3) is 5.33. The molecule has 0 saturated heterocycles. The monoisotopic (exact) mass is 369 g/mol. The number of carbonyl (C=O) groups is 2. The fraction of sp³-hybridized carbons (Fsp3) is 0.500. The number of hydrogen-bond donors (Lipinski definition) is 1. The van der Waals surface area contributed by atoms with E-state index >= 15 is 0 Å². The maximum absolute atomic E-state index is 12.2. The molecule has 1 N–H and O–H groups in total. The summed E-state index contributed by atoms with van der Waals surface area (Å²) in [5, 5.41) is 2.57. The maximum Gasteiger partial charge on any atom is 0.325 e. The van der Waals surface area contributed by atoms with E-state index in [0.29, 0.717) is 23.8 Å². The first-order valence-electron chi connectivity index (χ1n) is 7.35. The van der Waals surface area contributed by atoms with E-state index in [1.807, 2.05) is 13.8 Å². The molecule has 1 aliphatic rings. The molecule has 1 aromatic rings. The molecule has 1 fully saturated rings. The lowest BCUT2D eigenvalue weighted by Gasteiger charge is -2.14. The first-order chi connectivity index (χ1) is 10.5. The summed E-state index contributed by atoms with van der Waals surface area (Å²) in [6.45, 7) is 4.09. The van der Waals surface area contributed by atoms with Crippen molar-refractivity contribution in [2.75, 3.05) is 13.2 Å². The molecule has 0 aromatic heterocycles. The molecule has 6 heteroatoms. The molecule has 22 heavy (non-hydrogen) atoms. The fourth-order valence-electron chi connectivity index (χ4n) is 1.83. The molecule has 1 aromatic carbocycles. The number of carbonyl (C=O) groups excluding carboxylic acids is 2. The smallest absolute Gasteiger partial charge is 0.325 e. The van der Waals surface area contributed by atoms with Crippen LogP contribution in [0.25, 0.3) is 0 Å². The van der Waals surface area contributed by atoms with Gasteiger partial charge in [0.1, 0.15) is 12.3 Å². The predicted molar refractivity (Wildman–Crippen MR) is 85.9 cm³/mol. The molecule has 1 aliphatic carbocycles. The Bertz CT molecular complexity index is 555. The molecule has 5 nitrogen and oxygen atoms in total. The van der Waals surface area contributed by atoms with E-state index in [2.05, 4.69) is 21.2 Å². The second kappa shape index (κ2) is 7.63. The van der Waals surface area contributed by atoms with Gasteiger partial charge in [0, 0.05) is 4.47 Å².